The van der Waals surface area contributed by atoms with Crippen molar-refractivity contribution in [2.45, 2.75) is 56.4 Å². The average Bonchev–Trinajstić information content (AvgIpc) is 2.82. The van der Waals surface area contributed by atoms with E-state index in [1.165, 1.54) is 31.4 Å². The Hall–Kier alpha value is -1.89. The fourth-order valence-corrected chi connectivity index (χ4v) is 8.19. The molecule has 0 spiro atoms. The molecule has 1 aromatic rings. The van der Waals surface area contributed by atoms with Gasteiger partial charge in [-0.05, 0) is 80.8 Å². The fraction of sp³-hybridized carbons (Fsp3) is 0.619. The van der Waals surface area contributed by atoms with E-state index in [-0.39, 0.29) is 21.9 Å². The van der Waals surface area contributed by atoms with E-state index in [2.05, 4.69) is 12.2 Å². The molecule has 6 rings (SSSR count). The van der Waals surface area contributed by atoms with Crippen molar-refractivity contribution in [3.05, 3.63) is 29.8 Å². The molecule has 7 heteroatoms. The zero-order valence-electron chi connectivity index (χ0n) is 16.1. The third kappa shape index (κ3) is 2.62. The zero-order chi connectivity index (χ0) is 19.7. The first kappa shape index (κ1) is 18.2. The van der Waals surface area contributed by atoms with Gasteiger partial charge in [0.05, 0.1) is 5.56 Å². The third-order valence-electron chi connectivity index (χ3n) is 7.58. The largest absolute Gasteiger partial charge is 0.352 e. The summed E-state index contributed by atoms with van der Waals surface area (Å²) in [5, 5.41) is 3.05. The topological polar surface area (TPSA) is 83.6 Å². The van der Waals surface area contributed by atoms with Gasteiger partial charge in [-0.25, -0.2) is 12.7 Å². The van der Waals surface area contributed by atoms with Gasteiger partial charge in [0.25, 0.3) is 15.9 Å². The second-order valence-electron chi connectivity index (χ2n) is 9.38. The lowest BCUT2D eigenvalue weighted by Crippen LogP contribution is -2.56. The molecule has 2 amide bonds. The molecule has 28 heavy (non-hydrogen) atoms. The van der Waals surface area contributed by atoms with Crippen molar-refractivity contribution in [3.8, 4) is 0 Å². The summed E-state index contributed by atoms with van der Waals surface area (Å²) in [5.74, 6) is 1.32. The molecule has 1 aliphatic heterocycles. The number of benzene rings is 1. The molecule has 1 heterocycles. The Morgan fingerprint density at radius 3 is 2.29 bits per heavy atom. The van der Waals surface area contributed by atoms with Crippen LogP contribution in [0.15, 0.2) is 29.2 Å². The predicted molar refractivity (Wildman–Crippen MR) is 103 cm³/mol. The average molecular weight is 403 g/mol. The standard InChI is InChI=1S/C21H26N2O4S/c1-13(21-9-14-6-15(10-21)8-16(7-14)11-21)22-19(24)12-23-20(25)17-4-2-3-5-18(17)28(23,26)27/h2-5,13-16H,6-12H2,1H3,(H,22,24)/t13-,14?,15?,16?,21?/m1/s1. The molecule has 150 valence electrons. The number of amides is 2. The minimum Gasteiger partial charge on any atom is -0.352 e. The third-order valence-corrected chi connectivity index (χ3v) is 9.37. The number of fused-ring (bicyclic) bond motifs is 1. The van der Waals surface area contributed by atoms with Crippen LogP contribution in [0.25, 0.3) is 0 Å². The SMILES string of the molecule is C[C@@H](NC(=O)CN1C(=O)c2ccccc2S1(=O)=O)C12CC3CC(CC(C3)C1)C2. The Morgan fingerprint density at radius 1 is 1.14 bits per heavy atom. The maximum atomic E-state index is 12.7. The molecular weight excluding hydrogens is 376 g/mol. The highest BCUT2D eigenvalue weighted by atomic mass is 32.2. The second kappa shape index (κ2) is 6.05. The molecule has 4 fully saturated rings. The van der Waals surface area contributed by atoms with E-state index in [0.717, 1.165) is 37.0 Å². The van der Waals surface area contributed by atoms with Crippen molar-refractivity contribution in [1.29, 1.82) is 0 Å². The van der Waals surface area contributed by atoms with Crippen molar-refractivity contribution in [2.75, 3.05) is 6.54 Å². The number of rotatable bonds is 4. The summed E-state index contributed by atoms with van der Waals surface area (Å²) in [6, 6.07) is 6.12. The first-order valence-electron chi connectivity index (χ1n) is 10.2. The fourth-order valence-electron chi connectivity index (χ4n) is 6.67. The van der Waals surface area contributed by atoms with Crippen LogP contribution in [0.4, 0.5) is 0 Å². The molecule has 1 aromatic carbocycles. The van der Waals surface area contributed by atoms with Crippen LogP contribution >= 0.6 is 0 Å². The molecule has 4 saturated carbocycles. The van der Waals surface area contributed by atoms with Crippen LogP contribution in [-0.2, 0) is 14.8 Å². The van der Waals surface area contributed by atoms with Gasteiger partial charge in [0.1, 0.15) is 11.4 Å². The first-order chi connectivity index (χ1) is 13.3. The highest BCUT2D eigenvalue weighted by molar-refractivity contribution is 7.90. The minimum atomic E-state index is -3.95. The lowest BCUT2D eigenvalue weighted by molar-refractivity contribution is -0.125. The van der Waals surface area contributed by atoms with Crippen molar-refractivity contribution >= 4 is 21.8 Å². The summed E-state index contributed by atoms with van der Waals surface area (Å²) in [4.78, 5) is 25.2. The van der Waals surface area contributed by atoms with Gasteiger partial charge in [0.15, 0.2) is 0 Å². The molecular formula is C21H26N2O4S. The van der Waals surface area contributed by atoms with Gasteiger partial charge >= 0.3 is 0 Å². The van der Waals surface area contributed by atoms with Crippen LogP contribution in [0.3, 0.4) is 0 Å². The van der Waals surface area contributed by atoms with E-state index in [0.29, 0.717) is 4.31 Å². The maximum absolute atomic E-state index is 12.7. The minimum absolute atomic E-state index is 0.00353. The van der Waals surface area contributed by atoms with E-state index in [1.807, 2.05) is 0 Å². The quantitative estimate of drug-likeness (QED) is 0.839. The van der Waals surface area contributed by atoms with Gasteiger partial charge < -0.3 is 5.32 Å². The van der Waals surface area contributed by atoms with Gasteiger partial charge in [0.2, 0.25) is 5.91 Å². The van der Waals surface area contributed by atoms with Crippen molar-refractivity contribution < 1.29 is 18.0 Å². The van der Waals surface area contributed by atoms with Crippen LogP contribution in [0.2, 0.25) is 0 Å². The molecule has 0 aromatic heterocycles. The van der Waals surface area contributed by atoms with Gasteiger partial charge in [-0.15, -0.1) is 0 Å². The van der Waals surface area contributed by atoms with Gasteiger partial charge in [-0.2, -0.15) is 0 Å². The molecule has 6 nitrogen and oxygen atoms in total. The highest BCUT2D eigenvalue weighted by Gasteiger charge is 2.53. The number of nitrogens with zero attached hydrogens (tertiary/aromatic N) is 1. The normalized spacial score (nSPS) is 35.7. The lowest BCUT2D eigenvalue weighted by Gasteiger charge is -2.59. The number of carbonyl (C=O) groups is 2. The number of sulfonamides is 1. The maximum Gasteiger partial charge on any atom is 0.269 e. The summed E-state index contributed by atoms with van der Waals surface area (Å²) in [6.07, 6.45) is 7.47. The van der Waals surface area contributed by atoms with Crippen LogP contribution < -0.4 is 5.32 Å². The van der Waals surface area contributed by atoms with Gasteiger partial charge in [0, 0.05) is 6.04 Å². The Balaban J connectivity index is 1.30. The molecule has 0 saturated heterocycles. The van der Waals surface area contributed by atoms with E-state index in [9.17, 15) is 18.0 Å². The van der Waals surface area contributed by atoms with Crippen LogP contribution in [-0.4, -0.2) is 37.1 Å². The molecule has 1 N–H and O–H groups in total. The lowest BCUT2D eigenvalue weighted by atomic mass is 9.48. The number of carbonyl (C=O) groups excluding carboxylic acids is 2. The predicted octanol–water partition coefficient (Wildman–Crippen LogP) is 2.55. The molecule has 4 bridgehead atoms. The number of hydrogen-bond acceptors (Lipinski definition) is 4. The van der Waals surface area contributed by atoms with Crippen molar-refractivity contribution in [3.63, 3.8) is 0 Å². The molecule has 1 atom stereocenters. The summed E-state index contributed by atoms with van der Waals surface area (Å²) < 4.78 is 26.0. The van der Waals surface area contributed by atoms with E-state index >= 15 is 0 Å². The molecule has 0 unspecified atom stereocenters. The Morgan fingerprint density at radius 2 is 1.71 bits per heavy atom. The van der Waals surface area contributed by atoms with Gasteiger partial charge in [-0.3, -0.25) is 9.59 Å². The highest BCUT2D eigenvalue weighted by Crippen LogP contribution is 2.61. The van der Waals surface area contributed by atoms with Crippen molar-refractivity contribution in [2.24, 2.45) is 23.2 Å². The number of hydrogen-bond donors (Lipinski definition) is 1. The number of nitrogens with one attached hydrogen (secondary N) is 1. The Kier molecular flexibility index (Phi) is 3.92. The van der Waals surface area contributed by atoms with Crippen LogP contribution in [0.1, 0.15) is 55.8 Å². The Bertz CT molecular complexity index is 920. The first-order valence-corrected chi connectivity index (χ1v) is 11.7. The smallest absolute Gasteiger partial charge is 0.269 e. The summed E-state index contributed by atoms with van der Waals surface area (Å²) >= 11 is 0. The summed E-state index contributed by atoms with van der Waals surface area (Å²) in [5.41, 5.74) is 0.283. The van der Waals surface area contributed by atoms with Crippen LogP contribution in [0.5, 0.6) is 0 Å². The monoisotopic (exact) mass is 402 g/mol. The zero-order valence-corrected chi connectivity index (χ0v) is 16.9. The van der Waals surface area contributed by atoms with E-state index in [4.69, 9.17) is 0 Å². The van der Waals surface area contributed by atoms with Crippen molar-refractivity contribution in [1.82, 2.24) is 9.62 Å². The second-order valence-corrected chi connectivity index (χ2v) is 11.2. The van der Waals surface area contributed by atoms with E-state index < -0.39 is 28.4 Å². The molecule has 0 radical (unpaired) electrons. The van der Waals surface area contributed by atoms with Crippen LogP contribution in [0, 0.1) is 23.2 Å². The summed E-state index contributed by atoms with van der Waals surface area (Å²) in [7, 11) is -3.95. The summed E-state index contributed by atoms with van der Waals surface area (Å²) in [6.45, 7) is 1.60. The van der Waals surface area contributed by atoms with E-state index in [1.54, 1.807) is 12.1 Å². The Labute approximate surface area is 165 Å². The molecule has 4 aliphatic carbocycles. The van der Waals surface area contributed by atoms with Gasteiger partial charge in [-0.1, -0.05) is 12.1 Å². The molecule has 5 aliphatic rings.